The molecule has 3 rings (SSSR count). The van der Waals surface area contributed by atoms with Gasteiger partial charge in [0.15, 0.2) is 0 Å². The number of aldehydes is 1. The van der Waals surface area contributed by atoms with Crippen molar-refractivity contribution in [1.29, 1.82) is 0 Å². The van der Waals surface area contributed by atoms with Gasteiger partial charge in [-0.15, -0.1) is 0 Å². The van der Waals surface area contributed by atoms with E-state index in [-0.39, 0.29) is 0 Å². The quantitative estimate of drug-likeness (QED) is 0.697. The van der Waals surface area contributed by atoms with Gasteiger partial charge in [0.2, 0.25) is 0 Å². The van der Waals surface area contributed by atoms with Gasteiger partial charge in [-0.2, -0.15) is 0 Å². The van der Waals surface area contributed by atoms with Crippen molar-refractivity contribution in [3.63, 3.8) is 0 Å². The van der Waals surface area contributed by atoms with Crippen LogP contribution in [0.3, 0.4) is 0 Å². The molecule has 0 aliphatic heterocycles. The van der Waals surface area contributed by atoms with E-state index >= 15 is 0 Å². The SMILES string of the molecule is O=CCc1ccc(OCc2ccccc2)c(-c2ccc[nH]2)c1. The van der Waals surface area contributed by atoms with Crippen LogP contribution in [0, 0.1) is 0 Å². The van der Waals surface area contributed by atoms with Crippen LogP contribution in [0.15, 0.2) is 66.9 Å². The van der Waals surface area contributed by atoms with Crippen LogP contribution in [0.1, 0.15) is 11.1 Å². The van der Waals surface area contributed by atoms with Gasteiger partial charge in [0.05, 0.1) is 0 Å². The molecule has 0 amide bonds. The summed E-state index contributed by atoms with van der Waals surface area (Å²) in [5.74, 6) is 0.806. The minimum absolute atomic E-state index is 0.409. The summed E-state index contributed by atoms with van der Waals surface area (Å²) in [5.41, 5.74) is 4.06. The highest BCUT2D eigenvalue weighted by molar-refractivity contribution is 5.69. The zero-order valence-electron chi connectivity index (χ0n) is 12.2. The number of aromatic nitrogens is 1. The zero-order chi connectivity index (χ0) is 15.2. The largest absolute Gasteiger partial charge is 0.488 e. The van der Waals surface area contributed by atoms with Gasteiger partial charge in [-0.3, -0.25) is 0 Å². The maximum Gasteiger partial charge on any atom is 0.129 e. The summed E-state index contributed by atoms with van der Waals surface area (Å²) in [7, 11) is 0. The van der Waals surface area contributed by atoms with Crippen LogP contribution in [0.25, 0.3) is 11.3 Å². The van der Waals surface area contributed by atoms with Crippen LogP contribution in [0.2, 0.25) is 0 Å². The Hall–Kier alpha value is -2.81. The number of rotatable bonds is 6. The number of hydrogen-bond donors (Lipinski definition) is 1. The second kappa shape index (κ2) is 6.76. The minimum atomic E-state index is 0.409. The molecular weight excluding hydrogens is 274 g/mol. The predicted octanol–water partition coefficient (Wildman–Crippen LogP) is 4.00. The molecule has 0 fully saturated rings. The van der Waals surface area contributed by atoms with Crippen molar-refractivity contribution < 1.29 is 9.53 Å². The Morgan fingerprint density at radius 1 is 0.955 bits per heavy atom. The Labute approximate surface area is 129 Å². The Bertz CT molecular complexity index is 733. The second-order valence-electron chi connectivity index (χ2n) is 5.06. The van der Waals surface area contributed by atoms with E-state index in [1.807, 2.05) is 66.9 Å². The van der Waals surface area contributed by atoms with Crippen molar-refractivity contribution in [3.8, 4) is 17.0 Å². The lowest BCUT2D eigenvalue weighted by Crippen LogP contribution is -1.98. The van der Waals surface area contributed by atoms with Crippen LogP contribution in [-0.4, -0.2) is 11.3 Å². The first-order valence-electron chi connectivity index (χ1n) is 7.24. The van der Waals surface area contributed by atoms with Crippen molar-refractivity contribution in [1.82, 2.24) is 4.98 Å². The number of ether oxygens (including phenoxy) is 1. The van der Waals surface area contributed by atoms with E-state index in [0.29, 0.717) is 13.0 Å². The van der Waals surface area contributed by atoms with Gasteiger partial charge in [0.25, 0.3) is 0 Å². The van der Waals surface area contributed by atoms with E-state index in [9.17, 15) is 4.79 Å². The Morgan fingerprint density at radius 2 is 1.82 bits per heavy atom. The molecule has 22 heavy (non-hydrogen) atoms. The number of carbonyl (C=O) groups excluding carboxylic acids is 1. The summed E-state index contributed by atoms with van der Waals surface area (Å²) in [6.07, 6.45) is 3.20. The van der Waals surface area contributed by atoms with Gasteiger partial charge in [-0.05, 0) is 35.4 Å². The number of nitrogens with one attached hydrogen (secondary N) is 1. The molecule has 0 spiro atoms. The van der Waals surface area contributed by atoms with Gasteiger partial charge >= 0.3 is 0 Å². The number of H-pyrrole nitrogens is 1. The van der Waals surface area contributed by atoms with E-state index in [1.165, 1.54) is 0 Å². The molecule has 0 radical (unpaired) electrons. The average Bonchev–Trinajstić information content (AvgIpc) is 3.09. The normalized spacial score (nSPS) is 10.4. The van der Waals surface area contributed by atoms with E-state index in [0.717, 1.165) is 34.4 Å². The summed E-state index contributed by atoms with van der Waals surface area (Å²) >= 11 is 0. The molecule has 3 heteroatoms. The highest BCUT2D eigenvalue weighted by Gasteiger charge is 2.09. The lowest BCUT2D eigenvalue weighted by molar-refractivity contribution is -0.107. The van der Waals surface area contributed by atoms with Crippen LogP contribution < -0.4 is 4.74 Å². The number of aromatic amines is 1. The molecule has 0 atom stereocenters. The zero-order valence-corrected chi connectivity index (χ0v) is 12.2. The van der Waals surface area contributed by atoms with Crippen LogP contribution in [0.4, 0.5) is 0 Å². The van der Waals surface area contributed by atoms with E-state index in [1.54, 1.807) is 0 Å². The van der Waals surface area contributed by atoms with Crippen molar-refractivity contribution in [2.24, 2.45) is 0 Å². The van der Waals surface area contributed by atoms with E-state index < -0.39 is 0 Å². The van der Waals surface area contributed by atoms with Crippen molar-refractivity contribution >= 4 is 6.29 Å². The molecule has 2 aromatic carbocycles. The molecule has 0 aliphatic carbocycles. The number of carbonyl (C=O) groups is 1. The third kappa shape index (κ3) is 3.26. The minimum Gasteiger partial charge on any atom is -0.488 e. The first-order chi connectivity index (χ1) is 10.9. The standard InChI is InChI=1S/C19H17NO2/c21-12-10-15-8-9-19(17(13-15)18-7-4-11-20-18)22-14-16-5-2-1-3-6-16/h1-9,11-13,20H,10,14H2. The number of benzene rings is 2. The summed E-state index contributed by atoms with van der Waals surface area (Å²) < 4.78 is 5.97. The molecule has 110 valence electrons. The average molecular weight is 291 g/mol. The highest BCUT2D eigenvalue weighted by atomic mass is 16.5. The molecule has 1 heterocycles. The predicted molar refractivity (Wildman–Crippen MR) is 86.8 cm³/mol. The molecule has 1 N–H and O–H groups in total. The Morgan fingerprint density at radius 3 is 2.55 bits per heavy atom. The van der Waals surface area contributed by atoms with E-state index in [2.05, 4.69) is 4.98 Å². The lowest BCUT2D eigenvalue weighted by Gasteiger charge is -2.12. The van der Waals surface area contributed by atoms with Gasteiger partial charge in [0, 0.05) is 23.9 Å². The summed E-state index contributed by atoms with van der Waals surface area (Å²) in [4.78, 5) is 13.9. The molecule has 3 nitrogen and oxygen atoms in total. The maximum absolute atomic E-state index is 10.7. The first kappa shape index (κ1) is 14.1. The fraction of sp³-hybridized carbons (Fsp3) is 0.105. The smallest absolute Gasteiger partial charge is 0.129 e. The van der Waals surface area contributed by atoms with Crippen molar-refractivity contribution in [3.05, 3.63) is 78.0 Å². The van der Waals surface area contributed by atoms with Crippen LogP contribution in [0.5, 0.6) is 5.75 Å². The maximum atomic E-state index is 10.7. The molecule has 0 bridgehead atoms. The van der Waals surface area contributed by atoms with Crippen LogP contribution in [-0.2, 0) is 17.8 Å². The molecular formula is C19H17NO2. The monoisotopic (exact) mass is 291 g/mol. The Balaban J connectivity index is 1.87. The highest BCUT2D eigenvalue weighted by Crippen LogP contribution is 2.30. The van der Waals surface area contributed by atoms with Gasteiger partial charge < -0.3 is 14.5 Å². The van der Waals surface area contributed by atoms with Gasteiger partial charge in [-0.25, -0.2) is 0 Å². The van der Waals surface area contributed by atoms with Gasteiger partial charge in [-0.1, -0.05) is 36.4 Å². The third-order valence-corrected chi connectivity index (χ3v) is 3.49. The molecule has 0 saturated heterocycles. The Kier molecular flexibility index (Phi) is 4.35. The molecule has 3 aromatic rings. The molecule has 1 aromatic heterocycles. The summed E-state index contributed by atoms with van der Waals surface area (Å²) in [6.45, 7) is 0.515. The lowest BCUT2D eigenvalue weighted by atomic mass is 10.1. The fourth-order valence-corrected chi connectivity index (χ4v) is 2.37. The molecule has 0 saturated carbocycles. The third-order valence-electron chi connectivity index (χ3n) is 3.49. The van der Waals surface area contributed by atoms with Crippen molar-refractivity contribution in [2.45, 2.75) is 13.0 Å². The summed E-state index contributed by atoms with van der Waals surface area (Å²) in [6, 6.07) is 19.9. The van der Waals surface area contributed by atoms with Gasteiger partial charge in [0.1, 0.15) is 18.6 Å². The number of hydrogen-bond acceptors (Lipinski definition) is 2. The topological polar surface area (TPSA) is 42.1 Å². The van der Waals surface area contributed by atoms with Crippen molar-refractivity contribution in [2.75, 3.05) is 0 Å². The molecule has 0 unspecified atom stereocenters. The molecule has 0 aliphatic rings. The summed E-state index contributed by atoms with van der Waals surface area (Å²) in [5, 5.41) is 0. The fourth-order valence-electron chi connectivity index (χ4n) is 2.37. The van der Waals surface area contributed by atoms with Crippen LogP contribution >= 0.6 is 0 Å². The first-order valence-corrected chi connectivity index (χ1v) is 7.24. The second-order valence-corrected chi connectivity index (χ2v) is 5.06. The van der Waals surface area contributed by atoms with E-state index in [4.69, 9.17) is 4.74 Å².